The molecule has 0 amide bonds. The fourth-order valence-corrected chi connectivity index (χ4v) is 2.08. The van der Waals surface area contributed by atoms with E-state index in [0.29, 0.717) is 5.82 Å². The van der Waals surface area contributed by atoms with Crippen LogP contribution in [0.15, 0.2) is 4.79 Å². The number of rotatable bonds is 3. The van der Waals surface area contributed by atoms with Crippen molar-refractivity contribution in [3.8, 4) is 0 Å². The average Bonchev–Trinajstić information content (AvgIpc) is 2.39. The fraction of sp³-hybridized carbons (Fsp3) is 0.778. The van der Waals surface area contributed by atoms with E-state index in [9.17, 15) is 13.2 Å². The van der Waals surface area contributed by atoms with Crippen LogP contribution >= 0.6 is 10.7 Å². The van der Waals surface area contributed by atoms with E-state index in [-0.39, 0.29) is 23.4 Å². The van der Waals surface area contributed by atoms with E-state index in [4.69, 9.17) is 10.7 Å². The second-order valence-corrected chi connectivity index (χ2v) is 7.78. The van der Waals surface area contributed by atoms with Crippen molar-refractivity contribution in [2.75, 3.05) is 5.75 Å². The summed E-state index contributed by atoms with van der Waals surface area (Å²) in [6.45, 7) is 5.75. The first-order valence-corrected chi connectivity index (χ1v) is 7.57. The van der Waals surface area contributed by atoms with Crippen LogP contribution in [0, 0.1) is 0 Å². The monoisotopic (exact) mass is 281 g/mol. The molecule has 0 fully saturated rings. The van der Waals surface area contributed by atoms with Gasteiger partial charge in [-0.15, -0.1) is 0 Å². The van der Waals surface area contributed by atoms with Gasteiger partial charge in [-0.1, -0.05) is 20.8 Å². The predicted octanol–water partition coefficient (Wildman–Crippen LogP) is 0.448. The fourth-order valence-electron chi connectivity index (χ4n) is 1.48. The largest absolute Gasteiger partial charge is 0.345 e. The molecule has 98 valence electrons. The minimum absolute atomic E-state index is 0.0331. The molecule has 17 heavy (non-hydrogen) atoms. The second-order valence-electron chi connectivity index (χ2n) is 4.88. The Bertz CT molecular complexity index is 565. The topological polar surface area (TPSA) is 74.0 Å². The zero-order valence-electron chi connectivity index (χ0n) is 10.3. The number of nitrogens with zero attached hydrogens (tertiary/aromatic N) is 3. The summed E-state index contributed by atoms with van der Waals surface area (Å²) < 4.78 is 24.2. The minimum Gasteiger partial charge on any atom is -0.282 e. The van der Waals surface area contributed by atoms with E-state index in [0.717, 1.165) is 4.68 Å². The first kappa shape index (κ1) is 14.2. The molecule has 0 unspecified atom stereocenters. The normalized spacial score (nSPS) is 13.0. The highest BCUT2D eigenvalue weighted by Crippen LogP contribution is 2.17. The van der Waals surface area contributed by atoms with Gasteiger partial charge in [-0.3, -0.25) is 4.57 Å². The van der Waals surface area contributed by atoms with Crippen molar-refractivity contribution < 1.29 is 8.42 Å². The maximum absolute atomic E-state index is 11.8. The molecule has 8 heteroatoms. The van der Waals surface area contributed by atoms with Crippen molar-refractivity contribution in [3.05, 3.63) is 16.3 Å². The summed E-state index contributed by atoms with van der Waals surface area (Å²) in [5.41, 5.74) is -0.617. The molecule has 0 aliphatic heterocycles. The van der Waals surface area contributed by atoms with Gasteiger partial charge in [0.1, 0.15) is 5.82 Å². The summed E-state index contributed by atoms with van der Waals surface area (Å²) in [4.78, 5) is 11.8. The lowest BCUT2D eigenvalue weighted by atomic mass is 9.96. The third-order valence-electron chi connectivity index (χ3n) is 2.26. The summed E-state index contributed by atoms with van der Waals surface area (Å²) >= 11 is 0. The second kappa shape index (κ2) is 4.45. The summed E-state index contributed by atoms with van der Waals surface area (Å²) in [6.07, 6.45) is 0. The third kappa shape index (κ3) is 3.57. The summed E-state index contributed by atoms with van der Waals surface area (Å²) in [6, 6.07) is 0. The van der Waals surface area contributed by atoms with Gasteiger partial charge in [0.2, 0.25) is 9.05 Å². The molecule has 1 rings (SSSR count). The molecule has 0 radical (unpaired) electrons. The highest BCUT2D eigenvalue weighted by atomic mass is 35.7. The number of halogens is 1. The first-order chi connectivity index (χ1) is 7.52. The van der Waals surface area contributed by atoms with Crippen molar-refractivity contribution in [2.24, 2.45) is 7.05 Å². The van der Waals surface area contributed by atoms with E-state index >= 15 is 0 Å². The van der Waals surface area contributed by atoms with Gasteiger partial charge in [-0.05, 0) is 0 Å². The van der Waals surface area contributed by atoms with E-state index in [1.807, 2.05) is 20.8 Å². The Morgan fingerprint density at radius 1 is 1.35 bits per heavy atom. The maximum atomic E-state index is 11.8. The smallest absolute Gasteiger partial charge is 0.282 e. The third-order valence-corrected chi connectivity index (χ3v) is 3.39. The average molecular weight is 282 g/mol. The van der Waals surface area contributed by atoms with Crippen molar-refractivity contribution in [1.82, 2.24) is 14.3 Å². The number of hydrogen-bond acceptors (Lipinski definition) is 4. The Hall–Kier alpha value is -0.820. The molecule has 1 aromatic rings. The van der Waals surface area contributed by atoms with Crippen LogP contribution in [0.1, 0.15) is 26.6 Å². The quantitative estimate of drug-likeness (QED) is 0.754. The lowest BCUT2D eigenvalue weighted by Gasteiger charge is -2.15. The summed E-state index contributed by atoms with van der Waals surface area (Å²) in [7, 11) is 3.09. The molecule has 0 aliphatic carbocycles. The molecular weight excluding hydrogens is 266 g/mol. The van der Waals surface area contributed by atoms with Crippen molar-refractivity contribution in [1.29, 1.82) is 0 Å². The van der Waals surface area contributed by atoms with Crippen molar-refractivity contribution in [3.63, 3.8) is 0 Å². The van der Waals surface area contributed by atoms with Crippen LogP contribution in [0.25, 0.3) is 0 Å². The van der Waals surface area contributed by atoms with Gasteiger partial charge in [0.25, 0.3) is 0 Å². The summed E-state index contributed by atoms with van der Waals surface area (Å²) in [5.74, 6) is 0.296. The Kier molecular flexibility index (Phi) is 3.73. The van der Waals surface area contributed by atoms with Gasteiger partial charge in [0.05, 0.1) is 12.3 Å². The Morgan fingerprint density at radius 3 is 2.24 bits per heavy atom. The molecule has 0 aliphatic rings. The molecule has 6 nitrogen and oxygen atoms in total. The van der Waals surface area contributed by atoms with Crippen LogP contribution in [0.4, 0.5) is 0 Å². The molecule has 0 atom stereocenters. The van der Waals surface area contributed by atoms with E-state index in [2.05, 4.69) is 5.10 Å². The SMILES string of the molecule is Cn1c(C(C)(C)C)nn(CCS(=O)(=O)Cl)c1=O. The maximum Gasteiger partial charge on any atom is 0.345 e. The lowest BCUT2D eigenvalue weighted by Crippen LogP contribution is -2.26. The first-order valence-electron chi connectivity index (χ1n) is 5.09. The molecule has 1 heterocycles. The van der Waals surface area contributed by atoms with Gasteiger partial charge in [0, 0.05) is 23.1 Å². The van der Waals surface area contributed by atoms with Crippen LogP contribution in [-0.2, 0) is 28.1 Å². The minimum atomic E-state index is -3.61. The molecular formula is C9H16ClN3O3S. The predicted molar refractivity (Wildman–Crippen MR) is 65.8 cm³/mol. The van der Waals surface area contributed by atoms with E-state index < -0.39 is 9.05 Å². The Labute approximate surface area is 105 Å². The summed E-state index contributed by atoms with van der Waals surface area (Å²) in [5, 5.41) is 4.13. The molecule has 1 aromatic heterocycles. The highest BCUT2D eigenvalue weighted by Gasteiger charge is 2.23. The van der Waals surface area contributed by atoms with E-state index in [1.54, 1.807) is 7.05 Å². The van der Waals surface area contributed by atoms with Crippen LogP contribution in [0.5, 0.6) is 0 Å². The zero-order chi connectivity index (χ0) is 13.4. The molecule has 0 saturated carbocycles. The molecule has 0 spiro atoms. The van der Waals surface area contributed by atoms with Crippen LogP contribution < -0.4 is 5.69 Å². The molecule has 0 aromatic carbocycles. The van der Waals surface area contributed by atoms with Gasteiger partial charge in [-0.25, -0.2) is 17.9 Å². The van der Waals surface area contributed by atoms with Crippen molar-refractivity contribution >= 4 is 19.7 Å². The van der Waals surface area contributed by atoms with Crippen molar-refractivity contribution in [2.45, 2.75) is 32.7 Å². The lowest BCUT2D eigenvalue weighted by molar-refractivity contribution is 0.511. The van der Waals surface area contributed by atoms with Gasteiger partial charge in [0.15, 0.2) is 0 Å². The van der Waals surface area contributed by atoms with Crippen LogP contribution in [0.2, 0.25) is 0 Å². The number of aromatic nitrogens is 3. The number of hydrogen-bond donors (Lipinski definition) is 0. The highest BCUT2D eigenvalue weighted by molar-refractivity contribution is 8.13. The molecule has 0 N–H and O–H groups in total. The molecule has 0 bridgehead atoms. The van der Waals surface area contributed by atoms with E-state index in [1.165, 1.54) is 4.57 Å². The van der Waals surface area contributed by atoms with Crippen LogP contribution in [0.3, 0.4) is 0 Å². The zero-order valence-corrected chi connectivity index (χ0v) is 11.8. The van der Waals surface area contributed by atoms with Crippen LogP contribution in [-0.4, -0.2) is 28.5 Å². The Balaban J connectivity index is 3.09. The number of aryl methyl sites for hydroxylation is 1. The van der Waals surface area contributed by atoms with Gasteiger partial charge in [-0.2, -0.15) is 5.10 Å². The Morgan fingerprint density at radius 2 is 1.88 bits per heavy atom. The van der Waals surface area contributed by atoms with Gasteiger partial charge < -0.3 is 0 Å². The molecule has 0 saturated heterocycles. The standard InChI is InChI=1S/C9H16ClN3O3S/c1-9(2,3)7-11-13(8(14)12(7)4)5-6-17(10,15)16/h5-6H2,1-4H3. The van der Waals surface area contributed by atoms with Gasteiger partial charge >= 0.3 is 5.69 Å².